The lowest BCUT2D eigenvalue weighted by atomic mass is 10.2. The molecule has 0 aliphatic rings. The molecule has 4 nitrogen and oxygen atoms in total. The molecule has 0 radical (unpaired) electrons. The molecule has 0 bridgehead atoms. The number of halogens is 2. The Hall–Kier alpha value is -1.63. The summed E-state index contributed by atoms with van der Waals surface area (Å²) in [6.45, 7) is 0.316. The lowest BCUT2D eigenvalue weighted by molar-refractivity contribution is 0.598. The zero-order chi connectivity index (χ0) is 14.8. The van der Waals surface area contributed by atoms with Gasteiger partial charge in [0.25, 0.3) is 10.0 Å². The van der Waals surface area contributed by atoms with Gasteiger partial charge in [-0.25, -0.2) is 12.8 Å². The summed E-state index contributed by atoms with van der Waals surface area (Å²) in [5, 5.41) is 0.238. The number of rotatable bonds is 4. The molecule has 0 saturated heterocycles. The molecule has 0 spiro atoms. The van der Waals surface area contributed by atoms with Crippen molar-refractivity contribution >= 4 is 27.3 Å². The predicted molar refractivity (Wildman–Crippen MR) is 76.6 cm³/mol. The Morgan fingerprint density at radius 2 is 1.80 bits per heavy atom. The molecule has 20 heavy (non-hydrogen) atoms. The van der Waals surface area contributed by atoms with Crippen LogP contribution in [0.2, 0.25) is 5.02 Å². The largest absolute Gasteiger partial charge is 0.326 e. The van der Waals surface area contributed by atoms with Crippen molar-refractivity contribution in [1.29, 1.82) is 0 Å². The average Bonchev–Trinajstić information content (AvgIpc) is 2.43. The van der Waals surface area contributed by atoms with Crippen LogP contribution < -0.4 is 10.5 Å². The molecular formula is C13H12ClFN2O2S. The van der Waals surface area contributed by atoms with Gasteiger partial charge in [-0.1, -0.05) is 23.7 Å². The molecule has 2 aromatic carbocycles. The normalized spacial score (nSPS) is 11.3. The number of benzene rings is 2. The number of hydrogen-bond donors (Lipinski definition) is 2. The van der Waals surface area contributed by atoms with Crippen LogP contribution in [0.4, 0.5) is 10.1 Å². The van der Waals surface area contributed by atoms with E-state index in [1.807, 2.05) is 0 Å². The molecular weight excluding hydrogens is 303 g/mol. The monoisotopic (exact) mass is 314 g/mol. The van der Waals surface area contributed by atoms with Gasteiger partial charge in [0.05, 0.1) is 10.6 Å². The van der Waals surface area contributed by atoms with Crippen LogP contribution in [0.15, 0.2) is 47.4 Å². The van der Waals surface area contributed by atoms with E-state index in [0.29, 0.717) is 6.54 Å². The fourth-order valence-corrected chi connectivity index (χ4v) is 2.81. The van der Waals surface area contributed by atoms with E-state index in [2.05, 4.69) is 4.72 Å². The molecule has 2 aromatic rings. The lowest BCUT2D eigenvalue weighted by Gasteiger charge is -2.09. The van der Waals surface area contributed by atoms with Gasteiger partial charge in [-0.15, -0.1) is 0 Å². The first kappa shape index (κ1) is 14.8. The number of hydrogen-bond acceptors (Lipinski definition) is 3. The summed E-state index contributed by atoms with van der Waals surface area (Å²) in [6.07, 6.45) is 0. The third-order valence-corrected chi connectivity index (χ3v) is 4.26. The highest BCUT2D eigenvalue weighted by Crippen LogP contribution is 2.23. The Bertz CT molecular complexity index is 718. The molecule has 0 aliphatic carbocycles. The van der Waals surface area contributed by atoms with Crippen molar-refractivity contribution in [2.45, 2.75) is 11.4 Å². The van der Waals surface area contributed by atoms with Crippen molar-refractivity contribution in [3.63, 3.8) is 0 Å². The van der Waals surface area contributed by atoms with Gasteiger partial charge in [-0.3, -0.25) is 4.72 Å². The third-order valence-electron chi connectivity index (χ3n) is 2.64. The van der Waals surface area contributed by atoms with Gasteiger partial charge < -0.3 is 5.73 Å². The molecule has 0 heterocycles. The summed E-state index contributed by atoms with van der Waals surface area (Å²) < 4.78 is 39.9. The van der Waals surface area contributed by atoms with E-state index in [1.165, 1.54) is 24.3 Å². The molecule has 0 atom stereocenters. The molecule has 0 aliphatic heterocycles. The zero-order valence-corrected chi connectivity index (χ0v) is 11.9. The van der Waals surface area contributed by atoms with E-state index < -0.39 is 15.8 Å². The molecule has 7 heteroatoms. The van der Waals surface area contributed by atoms with Crippen molar-refractivity contribution in [3.05, 3.63) is 58.9 Å². The van der Waals surface area contributed by atoms with Crippen LogP contribution in [0.25, 0.3) is 0 Å². The molecule has 0 saturated carbocycles. The Balaban J connectivity index is 2.32. The topological polar surface area (TPSA) is 72.2 Å². The fraction of sp³-hybridized carbons (Fsp3) is 0.0769. The molecule has 0 fully saturated rings. The van der Waals surface area contributed by atoms with Gasteiger partial charge in [0.1, 0.15) is 5.82 Å². The number of nitrogens with two attached hydrogens (primary N) is 1. The van der Waals surface area contributed by atoms with Crippen molar-refractivity contribution < 1.29 is 12.8 Å². The Kier molecular flexibility index (Phi) is 4.27. The van der Waals surface area contributed by atoms with Gasteiger partial charge in [0.15, 0.2) is 0 Å². The van der Waals surface area contributed by atoms with Crippen LogP contribution in [0.1, 0.15) is 5.56 Å². The van der Waals surface area contributed by atoms with Gasteiger partial charge in [0, 0.05) is 11.6 Å². The van der Waals surface area contributed by atoms with Crippen molar-refractivity contribution in [1.82, 2.24) is 0 Å². The van der Waals surface area contributed by atoms with Crippen molar-refractivity contribution in [3.8, 4) is 0 Å². The van der Waals surface area contributed by atoms with Crippen molar-refractivity contribution in [2.24, 2.45) is 5.73 Å². The van der Waals surface area contributed by atoms with E-state index in [0.717, 1.165) is 11.6 Å². The van der Waals surface area contributed by atoms with Gasteiger partial charge in [0.2, 0.25) is 0 Å². The maximum atomic E-state index is 13.5. The van der Waals surface area contributed by atoms with Crippen LogP contribution >= 0.6 is 11.6 Å². The SMILES string of the molecule is NCc1ccc(S(=O)(=O)Nc2cc(Cl)ccc2F)cc1. The minimum atomic E-state index is -3.87. The van der Waals surface area contributed by atoms with Crippen LogP contribution in [0.3, 0.4) is 0 Å². The summed E-state index contributed by atoms with van der Waals surface area (Å²) >= 11 is 5.72. The van der Waals surface area contributed by atoms with Gasteiger partial charge in [-0.05, 0) is 35.9 Å². The molecule has 106 valence electrons. The summed E-state index contributed by atoms with van der Waals surface area (Å²) in [5.41, 5.74) is 6.05. The van der Waals surface area contributed by atoms with Crippen molar-refractivity contribution in [2.75, 3.05) is 4.72 Å². The minimum Gasteiger partial charge on any atom is -0.326 e. The smallest absolute Gasteiger partial charge is 0.261 e. The quantitative estimate of drug-likeness (QED) is 0.911. The number of sulfonamides is 1. The van der Waals surface area contributed by atoms with Gasteiger partial charge in [-0.2, -0.15) is 0 Å². The second-order valence-corrected chi connectivity index (χ2v) is 6.20. The second-order valence-electron chi connectivity index (χ2n) is 4.08. The standard InChI is InChI=1S/C13H12ClFN2O2S/c14-10-3-6-12(15)13(7-10)17-20(18,19)11-4-1-9(8-16)2-5-11/h1-7,17H,8,16H2. The Morgan fingerprint density at radius 3 is 2.40 bits per heavy atom. The Morgan fingerprint density at radius 1 is 1.15 bits per heavy atom. The average molecular weight is 315 g/mol. The van der Waals surface area contributed by atoms with E-state index in [-0.39, 0.29) is 15.6 Å². The minimum absolute atomic E-state index is 0.0223. The molecule has 2 rings (SSSR count). The maximum absolute atomic E-state index is 13.5. The Labute approximate surface area is 121 Å². The highest BCUT2D eigenvalue weighted by molar-refractivity contribution is 7.92. The van der Waals surface area contributed by atoms with E-state index in [9.17, 15) is 12.8 Å². The van der Waals surface area contributed by atoms with Crippen LogP contribution in [0.5, 0.6) is 0 Å². The van der Waals surface area contributed by atoms with E-state index >= 15 is 0 Å². The first-order valence-corrected chi connectivity index (χ1v) is 7.55. The maximum Gasteiger partial charge on any atom is 0.261 e. The lowest BCUT2D eigenvalue weighted by Crippen LogP contribution is -2.14. The van der Waals surface area contributed by atoms with Gasteiger partial charge >= 0.3 is 0 Å². The second kappa shape index (κ2) is 5.78. The summed E-state index contributed by atoms with van der Waals surface area (Å²) in [5.74, 6) is -0.698. The zero-order valence-electron chi connectivity index (χ0n) is 10.3. The predicted octanol–water partition coefficient (Wildman–Crippen LogP) is 2.74. The van der Waals surface area contributed by atoms with E-state index in [4.69, 9.17) is 17.3 Å². The van der Waals surface area contributed by atoms with Crippen LogP contribution in [-0.4, -0.2) is 8.42 Å². The highest BCUT2D eigenvalue weighted by Gasteiger charge is 2.16. The third kappa shape index (κ3) is 3.27. The first-order valence-electron chi connectivity index (χ1n) is 5.69. The van der Waals surface area contributed by atoms with E-state index in [1.54, 1.807) is 12.1 Å². The fourth-order valence-electron chi connectivity index (χ4n) is 1.58. The number of nitrogens with one attached hydrogen (secondary N) is 1. The highest BCUT2D eigenvalue weighted by atomic mass is 35.5. The molecule has 0 unspecified atom stereocenters. The summed E-state index contributed by atoms with van der Waals surface area (Å²) in [7, 11) is -3.87. The molecule has 3 N–H and O–H groups in total. The summed E-state index contributed by atoms with van der Waals surface area (Å²) in [6, 6.07) is 9.66. The molecule has 0 aromatic heterocycles. The summed E-state index contributed by atoms with van der Waals surface area (Å²) in [4.78, 5) is 0.0223. The number of anilines is 1. The van der Waals surface area contributed by atoms with Crippen LogP contribution in [0, 0.1) is 5.82 Å². The van der Waals surface area contributed by atoms with Crippen LogP contribution in [-0.2, 0) is 16.6 Å². The first-order chi connectivity index (χ1) is 9.42. The molecule has 0 amide bonds.